The molecule has 1 aromatic heterocycles. The molecular formula is C18H23N3O. The lowest BCUT2D eigenvalue weighted by atomic mass is 10.1. The number of nitrogens with zero attached hydrogens (tertiary/aromatic N) is 2. The van der Waals surface area contributed by atoms with Crippen molar-refractivity contribution < 1.29 is 4.79 Å². The van der Waals surface area contributed by atoms with Gasteiger partial charge in [0.25, 0.3) is 0 Å². The summed E-state index contributed by atoms with van der Waals surface area (Å²) in [6, 6.07) is 13.5. The third-order valence-electron chi connectivity index (χ3n) is 3.51. The van der Waals surface area contributed by atoms with Crippen molar-refractivity contribution in [2.75, 3.05) is 23.8 Å². The van der Waals surface area contributed by atoms with E-state index in [1.54, 1.807) is 6.20 Å². The Kier molecular flexibility index (Phi) is 5.95. The average molecular weight is 297 g/mol. The molecule has 4 heteroatoms. The van der Waals surface area contributed by atoms with E-state index < -0.39 is 0 Å². The molecule has 1 amide bonds. The zero-order valence-electron chi connectivity index (χ0n) is 13.2. The number of hydrogen-bond acceptors (Lipinski definition) is 3. The van der Waals surface area contributed by atoms with Gasteiger partial charge in [-0.3, -0.25) is 4.79 Å². The quantitative estimate of drug-likeness (QED) is 0.850. The summed E-state index contributed by atoms with van der Waals surface area (Å²) in [6.45, 7) is 3.19. The topological polar surface area (TPSA) is 45.2 Å². The van der Waals surface area contributed by atoms with Crippen LogP contribution in [-0.4, -0.2) is 24.5 Å². The van der Waals surface area contributed by atoms with Gasteiger partial charge < -0.3 is 10.2 Å². The Morgan fingerprint density at radius 2 is 1.95 bits per heavy atom. The number of carbonyl (C=O) groups is 1. The number of amides is 1. The number of aromatic nitrogens is 1. The van der Waals surface area contributed by atoms with Gasteiger partial charge in [0.1, 0.15) is 5.82 Å². The molecule has 0 spiro atoms. The van der Waals surface area contributed by atoms with E-state index in [0.717, 1.165) is 24.2 Å². The summed E-state index contributed by atoms with van der Waals surface area (Å²) in [5.74, 6) is 0.541. The first-order chi connectivity index (χ1) is 10.7. The maximum Gasteiger partial charge on any atom is 0.229 e. The summed E-state index contributed by atoms with van der Waals surface area (Å²) in [5, 5.41) is 2.83. The number of hydrogen-bond donors (Lipinski definition) is 1. The lowest BCUT2D eigenvalue weighted by Crippen LogP contribution is -2.19. The summed E-state index contributed by atoms with van der Waals surface area (Å²) in [4.78, 5) is 18.5. The van der Waals surface area contributed by atoms with Crippen LogP contribution in [0.3, 0.4) is 0 Å². The van der Waals surface area contributed by atoms with E-state index in [4.69, 9.17) is 0 Å². The third-order valence-corrected chi connectivity index (χ3v) is 3.51. The summed E-state index contributed by atoms with van der Waals surface area (Å²) in [5.41, 5.74) is 2.06. The molecule has 0 aliphatic rings. The van der Waals surface area contributed by atoms with Crippen molar-refractivity contribution >= 4 is 17.4 Å². The largest absolute Gasteiger partial charge is 0.373 e. The zero-order chi connectivity index (χ0) is 15.8. The van der Waals surface area contributed by atoms with Gasteiger partial charge in [-0.2, -0.15) is 0 Å². The Hall–Kier alpha value is -2.36. The fourth-order valence-electron chi connectivity index (χ4n) is 2.18. The smallest absolute Gasteiger partial charge is 0.229 e. The summed E-state index contributed by atoms with van der Waals surface area (Å²) in [7, 11) is 2.06. The van der Waals surface area contributed by atoms with Crippen LogP contribution in [0.2, 0.25) is 0 Å². The first kappa shape index (κ1) is 16.0. The first-order valence-electron chi connectivity index (χ1n) is 7.70. The molecule has 0 aliphatic carbocycles. The predicted molar refractivity (Wildman–Crippen MR) is 91.2 cm³/mol. The molecular weight excluding hydrogens is 274 g/mol. The normalized spacial score (nSPS) is 10.3. The van der Waals surface area contributed by atoms with Gasteiger partial charge in [0.05, 0.1) is 18.3 Å². The Morgan fingerprint density at radius 3 is 2.59 bits per heavy atom. The van der Waals surface area contributed by atoms with Crippen molar-refractivity contribution in [3.05, 3.63) is 54.2 Å². The molecule has 0 atom stereocenters. The van der Waals surface area contributed by atoms with Gasteiger partial charge in [0.15, 0.2) is 0 Å². The van der Waals surface area contributed by atoms with E-state index in [1.165, 1.54) is 6.42 Å². The van der Waals surface area contributed by atoms with E-state index in [0.29, 0.717) is 12.2 Å². The van der Waals surface area contributed by atoms with Crippen LogP contribution in [0.25, 0.3) is 0 Å². The predicted octanol–water partition coefficient (Wildman–Crippen LogP) is 3.50. The molecule has 1 aromatic carbocycles. The van der Waals surface area contributed by atoms with E-state index in [1.807, 2.05) is 42.5 Å². The van der Waals surface area contributed by atoms with Crippen molar-refractivity contribution in [1.82, 2.24) is 4.98 Å². The number of unbranched alkanes of at least 4 members (excludes halogenated alkanes) is 1. The maximum atomic E-state index is 12.0. The molecule has 0 bridgehead atoms. The van der Waals surface area contributed by atoms with Crippen LogP contribution in [-0.2, 0) is 11.2 Å². The van der Waals surface area contributed by atoms with Crippen LogP contribution in [0, 0.1) is 0 Å². The van der Waals surface area contributed by atoms with Crippen LogP contribution in [0.5, 0.6) is 0 Å². The number of pyridine rings is 1. The second-order valence-corrected chi connectivity index (χ2v) is 5.39. The summed E-state index contributed by atoms with van der Waals surface area (Å²) < 4.78 is 0. The Balaban J connectivity index is 1.89. The molecule has 0 saturated heterocycles. The fraction of sp³-hybridized carbons (Fsp3) is 0.333. The highest BCUT2D eigenvalue weighted by Crippen LogP contribution is 2.14. The number of nitrogens with one attached hydrogen (secondary N) is 1. The van der Waals surface area contributed by atoms with Crippen LogP contribution >= 0.6 is 0 Å². The molecule has 2 aromatic rings. The van der Waals surface area contributed by atoms with Gasteiger partial charge in [0, 0.05) is 13.6 Å². The van der Waals surface area contributed by atoms with Gasteiger partial charge in [-0.1, -0.05) is 43.7 Å². The highest BCUT2D eigenvalue weighted by atomic mass is 16.1. The number of carbonyl (C=O) groups excluding carboxylic acids is 1. The summed E-state index contributed by atoms with van der Waals surface area (Å²) >= 11 is 0. The van der Waals surface area contributed by atoms with Gasteiger partial charge in [-0.05, 0) is 24.1 Å². The standard InChI is InChI=1S/C18H23N3O/c1-3-4-12-21(2)16-10-11-17(19-14-16)20-18(22)13-15-8-6-5-7-9-15/h5-11,14H,3-4,12-13H2,1-2H3,(H,19,20,22). The van der Waals surface area contributed by atoms with Gasteiger partial charge >= 0.3 is 0 Å². The van der Waals surface area contributed by atoms with Crippen LogP contribution in [0.4, 0.5) is 11.5 Å². The van der Waals surface area contributed by atoms with Crippen LogP contribution in [0.15, 0.2) is 48.7 Å². The molecule has 0 fully saturated rings. The average Bonchev–Trinajstić information content (AvgIpc) is 2.54. The Bertz CT molecular complexity index is 581. The Morgan fingerprint density at radius 1 is 1.18 bits per heavy atom. The number of rotatable bonds is 7. The SMILES string of the molecule is CCCCN(C)c1ccc(NC(=O)Cc2ccccc2)nc1. The lowest BCUT2D eigenvalue weighted by molar-refractivity contribution is -0.115. The zero-order valence-corrected chi connectivity index (χ0v) is 13.2. The minimum atomic E-state index is -0.0502. The third kappa shape index (κ3) is 4.88. The monoisotopic (exact) mass is 297 g/mol. The molecule has 0 unspecified atom stereocenters. The molecule has 22 heavy (non-hydrogen) atoms. The minimum Gasteiger partial charge on any atom is -0.373 e. The van der Waals surface area contributed by atoms with E-state index in [2.05, 4.69) is 29.2 Å². The van der Waals surface area contributed by atoms with Gasteiger partial charge in [0.2, 0.25) is 5.91 Å². The molecule has 4 nitrogen and oxygen atoms in total. The highest BCUT2D eigenvalue weighted by Gasteiger charge is 2.06. The van der Waals surface area contributed by atoms with Crippen molar-refractivity contribution in [3.63, 3.8) is 0 Å². The summed E-state index contributed by atoms with van der Waals surface area (Å²) in [6.07, 6.45) is 4.49. The maximum absolute atomic E-state index is 12.0. The highest BCUT2D eigenvalue weighted by molar-refractivity contribution is 5.91. The van der Waals surface area contributed by atoms with Gasteiger partial charge in [-0.15, -0.1) is 0 Å². The molecule has 116 valence electrons. The molecule has 2 rings (SSSR count). The molecule has 0 aliphatic heterocycles. The second-order valence-electron chi connectivity index (χ2n) is 5.39. The molecule has 1 heterocycles. The van der Waals surface area contributed by atoms with Crippen LogP contribution < -0.4 is 10.2 Å². The van der Waals surface area contributed by atoms with E-state index in [9.17, 15) is 4.79 Å². The van der Waals surface area contributed by atoms with Crippen molar-refractivity contribution in [3.8, 4) is 0 Å². The van der Waals surface area contributed by atoms with Crippen molar-refractivity contribution in [2.24, 2.45) is 0 Å². The second kappa shape index (κ2) is 8.17. The lowest BCUT2D eigenvalue weighted by Gasteiger charge is -2.18. The molecule has 0 radical (unpaired) electrons. The Labute approximate surface area is 132 Å². The number of benzene rings is 1. The molecule has 0 saturated carbocycles. The van der Waals surface area contributed by atoms with Crippen molar-refractivity contribution in [2.45, 2.75) is 26.2 Å². The molecule has 1 N–H and O–H groups in total. The van der Waals surface area contributed by atoms with E-state index >= 15 is 0 Å². The van der Waals surface area contributed by atoms with Gasteiger partial charge in [-0.25, -0.2) is 4.98 Å². The first-order valence-corrected chi connectivity index (χ1v) is 7.70. The van der Waals surface area contributed by atoms with Crippen molar-refractivity contribution in [1.29, 1.82) is 0 Å². The number of anilines is 2. The van der Waals surface area contributed by atoms with E-state index in [-0.39, 0.29) is 5.91 Å². The fourth-order valence-corrected chi connectivity index (χ4v) is 2.18. The van der Waals surface area contributed by atoms with Crippen LogP contribution in [0.1, 0.15) is 25.3 Å². The minimum absolute atomic E-state index is 0.0502.